The Hall–Kier alpha value is -7.76. The van der Waals surface area contributed by atoms with E-state index in [-0.39, 0.29) is 5.84 Å². The maximum atomic E-state index is 9.54. The smallest absolute Gasteiger partial charge is 0.161 e. The van der Waals surface area contributed by atoms with Gasteiger partial charge in [-0.2, -0.15) is 0 Å². The molecule has 57 heavy (non-hydrogen) atoms. The van der Waals surface area contributed by atoms with Gasteiger partial charge in [-0.25, -0.2) is 15.0 Å². The van der Waals surface area contributed by atoms with E-state index in [1.54, 1.807) is 6.21 Å². The third-order valence-electron chi connectivity index (χ3n) is 10.5. The van der Waals surface area contributed by atoms with Gasteiger partial charge in [0.1, 0.15) is 0 Å². The third-order valence-corrected chi connectivity index (χ3v) is 10.5. The van der Waals surface area contributed by atoms with E-state index < -0.39 is 0 Å². The van der Waals surface area contributed by atoms with Crippen LogP contribution in [0.3, 0.4) is 0 Å². The van der Waals surface area contributed by atoms with E-state index in [9.17, 15) is 5.41 Å². The van der Waals surface area contributed by atoms with E-state index in [1.165, 1.54) is 0 Å². The molecule has 0 radical (unpaired) electrons. The minimum Gasteiger partial charge on any atom is -0.308 e. The fraction of sp³-hybridized carbons (Fsp3) is 0. The Bertz CT molecular complexity index is 3170. The van der Waals surface area contributed by atoms with Crippen LogP contribution in [0.5, 0.6) is 0 Å². The molecule has 0 spiro atoms. The average Bonchev–Trinajstić information content (AvgIpc) is 3.63. The van der Waals surface area contributed by atoms with Crippen molar-refractivity contribution in [3.05, 3.63) is 217 Å². The van der Waals surface area contributed by atoms with Crippen LogP contribution in [0.15, 0.2) is 210 Å². The van der Waals surface area contributed by atoms with E-state index in [0.717, 1.165) is 82.7 Å². The molecule has 268 valence electrons. The predicted molar refractivity (Wildman–Crippen MR) is 238 cm³/mol. The van der Waals surface area contributed by atoms with Gasteiger partial charge < -0.3 is 4.57 Å². The van der Waals surface area contributed by atoms with Crippen LogP contribution >= 0.6 is 0 Å². The number of benzene rings is 8. The number of rotatable bonds is 6. The third kappa shape index (κ3) is 6.08. The van der Waals surface area contributed by atoms with Crippen LogP contribution in [-0.2, 0) is 0 Å². The van der Waals surface area contributed by atoms with Crippen LogP contribution in [0.4, 0.5) is 0 Å². The summed E-state index contributed by atoms with van der Waals surface area (Å²) in [6, 6.07) is 68.4. The second-order valence-electron chi connectivity index (χ2n) is 14.0. The molecule has 0 saturated carbocycles. The molecular weight excluding hydrogens is 695 g/mol. The predicted octanol–water partition coefficient (Wildman–Crippen LogP) is 12.7. The summed E-state index contributed by atoms with van der Waals surface area (Å²) in [4.78, 5) is 15.0. The van der Waals surface area contributed by atoms with Crippen LogP contribution < -0.4 is 0 Å². The molecule has 0 unspecified atom stereocenters. The Morgan fingerprint density at radius 3 is 1.89 bits per heavy atom. The monoisotopic (exact) mass is 729 g/mol. The minimum absolute atomic E-state index is 0.129. The molecule has 5 heteroatoms. The van der Waals surface area contributed by atoms with Crippen LogP contribution in [0, 0.1) is 5.41 Å². The highest BCUT2D eigenvalue weighted by Gasteiger charge is 2.23. The van der Waals surface area contributed by atoms with Crippen molar-refractivity contribution >= 4 is 61.4 Å². The van der Waals surface area contributed by atoms with Gasteiger partial charge in [0.05, 0.1) is 22.2 Å². The second-order valence-corrected chi connectivity index (χ2v) is 14.0. The largest absolute Gasteiger partial charge is 0.308 e. The number of fused-ring (bicyclic) bond motifs is 7. The Morgan fingerprint density at radius 2 is 1.11 bits per heavy atom. The second kappa shape index (κ2) is 14.5. The number of aliphatic imine (C=N–C) groups is 2. The number of hydrogen-bond acceptors (Lipinski definition) is 2. The highest BCUT2D eigenvalue weighted by atomic mass is 15.0. The van der Waals surface area contributed by atoms with Gasteiger partial charge in [0.2, 0.25) is 0 Å². The standard InChI is InChI=1S/C52H35N5/c53-51(56-52(37-22-9-3-10-23-37)54-34-35-18-5-1-6-19-35)43-27-14-13-26-39(43)40-29-17-30-41-42-32-33-45-47(50(42)57(49(40)41)38-24-11-4-12-25-38)44-28-15-16-31-46(44)55-48(45)36-20-7-2-8-21-36/h1-34,53H. The van der Waals surface area contributed by atoms with Crippen molar-refractivity contribution in [1.82, 2.24) is 9.55 Å². The first-order valence-electron chi connectivity index (χ1n) is 19.0. The zero-order valence-corrected chi connectivity index (χ0v) is 30.9. The Labute approximate surface area is 330 Å². The van der Waals surface area contributed by atoms with E-state index >= 15 is 0 Å². The normalized spacial score (nSPS) is 12.0. The lowest BCUT2D eigenvalue weighted by atomic mass is 9.96. The zero-order valence-electron chi connectivity index (χ0n) is 30.9. The van der Waals surface area contributed by atoms with Crippen LogP contribution in [0.2, 0.25) is 0 Å². The van der Waals surface area contributed by atoms with Gasteiger partial charge in [-0.15, -0.1) is 0 Å². The molecule has 8 aromatic carbocycles. The lowest BCUT2D eigenvalue weighted by Gasteiger charge is -2.16. The van der Waals surface area contributed by atoms with Gasteiger partial charge in [-0.3, -0.25) is 5.41 Å². The van der Waals surface area contributed by atoms with E-state index in [4.69, 9.17) is 15.0 Å². The topological polar surface area (TPSA) is 66.4 Å². The first kappa shape index (κ1) is 33.8. The molecular formula is C52H35N5. The summed E-state index contributed by atoms with van der Waals surface area (Å²) >= 11 is 0. The van der Waals surface area contributed by atoms with Crippen LogP contribution in [0.1, 0.15) is 16.7 Å². The zero-order chi connectivity index (χ0) is 38.1. The van der Waals surface area contributed by atoms with Gasteiger partial charge in [0, 0.05) is 61.1 Å². The minimum atomic E-state index is 0.129. The summed E-state index contributed by atoms with van der Waals surface area (Å²) in [5, 5.41) is 15.2. The number of pyridine rings is 1. The number of aromatic nitrogens is 2. The van der Waals surface area contributed by atoms with E-state index in [0.29, 0.717) is 11.4 Å². The number of hydrogen-bond donors (Lipinski definition) is 1. The van der Waals surface area contributed by atoms with Crippen molar-refractivity contribution in [3.63, 3.8) is 0 Å². The summed E-state index contributed by atoms with van der Waals surface area (Å²) in [6.07, 6.45) is 1.80. The van der Waals surface area contributed by atoms with Gasteiger partial charge in [-0.05, 0) is 29.3 Å². The molecule has 0 aliphatic heterocycles. The van der Waals surface area contributed by atoms with Gasteiger partial charge in [0.15, 0.2) is 11.7 Å². The number of amidine groups is 2. The molecule has 1 N–H and O–H groups in total. The Kier molecular flexibility index (Phi) is 8.58. The lowest BCUT2D eigenvalue weighted by molar-refractivity contribution is 1.19. The first-order valence-corrected chi connectivity index (χ1v) is 19.0. The highest BCUT2D eigenvalue weighted by molar-refractivity contribution is 6.28. The van der Waals surface area contributed by atoms with Gasteiger partial charge in [-0.1, -0.05) is 182 Å². The van der Waals surface area contributed by atoms with Crippen molar-refractivity contribution < 1.29 is 0 Å². The first-order chi connectivity index (χ1) is 28.2. The van der Waals surface area contributed by atoms with Crippen LogP contribution in [0.25, 0.3) is 71.6 Å². The summed E-state index contributed by atoms with van der Waals surface area (Å²) in [5.74, 6) is 0.598. The lowest BCUT2D eigenvalue weighted by Crippen LogP contribution is -2.06. The van der Waals surface area contributed by atoms with Gasteiger partial charge >= 0.3 is 0 Å². The molecule has 0 atom stereocenters. The Balaban J connectivity index is 1.25. The fourth-order valence-electron chi connectivity index (χ4n) is 7.98. The molecule has 2 heterocycles. The summed E-state index contributed by atoms with van der Waals surface area (Å²) in [5.41, 5.74) is 10.6. The maximum absolute atomic E-state index is 9.54. The van der Waals surface area contributed by atoms with Gasteiger partial charge in [0.25, 0.3) is 0 Å². The SMILES string of the molecule is N=C(N=C(N=Cc1ccccc1)c1ccccc1)c1ccccc1-c1cccc2c3ccc4c(-c5ccccc5)nc5ccccc5c4c3n(-c3ccccc3)c12. The summed E-state index contributed by atoms with van der Waals surface area (Å²) in [6.45, 7) is 0. The molecule has 2 aromatic heterocycles. The van der Waals surface area contributed by atoms with Crippen molar-refractivity contribution in [2.45, 2.75) is 0 Å². The van der Waals surface area contributed by atoms with Crippen molar-refractivity contribution in [2.75, 3.05) is 0 Å². The number of nitrogens with zero attached hydrogens (tertiary/aromatic N) is 4. The molecule has 0 aliphatic carbocycles. The summed E-state index contributed by atoms with van der Waals surface area (Å²) < 4.78 is 2.41. The molecule has 0 bridgehead atoms. The number of nitrogens with one attached hydrogen (secondary N) is 1. The van der Waals surface area contributed by atoms with Crippen LogP contribution in [-0.4, -0.2) is 27.4 Å². The Morgan fingerprint density at radius 1 is 0.509 bits per heavy atom. The molecule has 5 nitrogen and oxygen atoms in total. The van der Waals surface area contributed by atoms with Crippen molar-refractivity contribution in [3.8, 4) is 28.1 Å². The number of para-hydroxylation sites is 3. The molecule has 0 saturated heterocycles. The van der Waals surface area contributed by atoms with Crippen molar-refractivity contribution in [1.29, 1.82) is 5.41 Å². The van der Waals surface area contributed by atoms with E-state index in [1.807, 2.05) is 84.9 Å². The highest BCUT2D eigenvalue weighted by Crippen LogP contribution is 2.44. The molecule has 0 aliphatic rings. The molecule has 0 amide bonds. The quantitative estimate of drug-likeness (QED) is 0.103. The molecule has 10 rings (SSSR count). The molecule has 0 fully saturated rings. The van der Waals surface area contributed by atoms with E-state index in [2.05, 4.69) is 120 Å². The van der Waals surface area contributed by atoms with Crippen molar-refractivity contribution in [2.24, 2.45) is 9.98 Å². The molecule has 10 aromatic rings. The average molecular weight is 730 g/mol. The summed E-state index contributed by atoms with van der Waals surface area (Å²) in [7, 11) is 0. The fourth-order valence-corrected chi connectivity index (χ4v) is 7.98. The maximum Gasteiger partial charge on any atom is 0.161 e.